The Kier molecular flexibility index (Phi) is 8.29. The summed E-state index contributed by atoms with van der Waals surface area (Å²) in [7, 11) is -0.954. The second-order valence-corrected chi connectivity index (χ2v) is 12.8. The fourth-order valence-electron chi connectivity index (χ4n) is 5.28. The summed E-state index contributed by atoms with van der Waals surface area (Å²) in [5, 5.41) is 12.4. The molecule has 0 aliphatic carbocycles. The van der Waals surface area contributed by atoms with E-state index in [1.165, 1.54) is 10.4 Å². The summed E-state index contributed by atoms with van der Waals surface area (Å²) in [6.07, 6.45) is 2.33. The number of benzene rings is 2. The maximum atomic E-state index is 14.4. The van der Waals surface area contributed by atoms with Gasteiger partial charge in [0.15, 0.2) is 0 Å². The molecule has 3 heterocycles. The van der Waals surface area contributed by atoms with Gasteiger partial charge in [-0.1, -0.05) is 25.6 Å². The van der Waals surface area contributed by atoms with Crippen molar-refractivity contribution < 1.29 is 17.7 Å². The SMILES string of the molecule is C=C(NCc1ccc(S(=O)CC)cc1)c1cc2c(s1)C1(CCN(Cc3c(F)cc(C#N)cc3F)CC1)OCC2. The van der Waals surface area contributed by atoms with Crippen LogP contribution in [-0.4, -0.2) is 34.6 Å². The van der Waals surface area contributed by atoms with Crippen molar-refractivity contribution in [2.45, 2.75) is 49.8 Å². The van der Waals surface area contributed by atoms with Gasteiger partial charge >= 0.3 is 0 Å². The summed E-state index contributed by atoms with van der Waals surface area (Å²) in [6.45, 7) is 8.93. The predicted molar refractivity (Wildman–Crippen MR) is 151 cm³/mol. The molecule has 1 spiro atoms. The normalized spacial score (nSPS) is 17.4. The Morgan fingerprint density at radius 3 is 2.54 bits per heavy atom. The standard InChI is InChI=1S/C30H31F2N3O2S2/c1-3-39(36)24-6-4-21(5-7-24)18-34-20(2)28-16-23-8-13-37-30(29(23)38-28)9-11-35(12-10-30)19-25-26(31)14-22(17-33)15-27(25)32/h4-7,14-16,34H,2-3,8-13,18-19H2,1H3. The molecule has 2 aromatic carbocycles. The highest BCUT2D eigenvalue weighted by Crippen LogP contribution is 2.46. The third-order valence-electron chi connectivity index (χ3n) is 7.54. The van der Waals surface area contributed by atoms with Gasteiger partial charge in [0, 0.05) is 53.0 Å². The maximum Gasteiger partial charge on any atom is 0.131 e. The Hall–Kier alpha value is -2.90. The van der Waals surface area contributed by atoms with Crippen LogP contribution in [0.5, 0.6) is 0 Å². The summed E-state index contributed by atoms with van der Waals surface area (Å²) in [5.41, 5.74) is 2.84. The molecule has 2 aliphatic heterocycles. The smallest absolute Gasteiger partial charge is 0.131 e. The van der Waals surface area contributed by atoms with Crippen molar-refractivity contribution in [2.75, 3.05) is 25.4 Å². The Morgan fingerprint density at radius 2 is 1.90 bits per heavy atom. The molecule has 0 bridgehead atoms. The van der Waals surface area contributed by atoms with Crippen LogP contribution in [0.2, 0.25) is 0 Å². The Bertz CT molecular complexity index is 1410. The Labute approximate surface area is 234 Å². The topological polar surface area (TPSA) is 65.4 Å². The third kappa shape index (κ3) is 5.85. The largest absolute Gasteiger partial charge is 0.380 e. The minimum absolute atomic E-state index is 0.00393. The Morgan fingerprint density at radius 1 is 1.21 bits per heavy atom. The molecule has 5 rings (SSSR count). The minimum Gasteiger partial charge on any atom is -0.380 e. The van der Waals surface area contributed by atoms with E-state index in [4.69, 9.17) is 10.00 Å². The van der Waals surface area contributed by atoms with E-state index in [2.05, 4.69) is 18.0 Å². The molecule has 3 aromatic rings. The van der Waals surface area contributed by atoms with Crippen molar-refractivity contribution in [2.24, 2.45) is 0 Å². The van der Waals surface area contributed by atoms with Crippen molar-refractivity contribution in [3.05, 3.63) is 92.7 Å². The van der Waals surface area contributed by atoms with E-state index in [1.807, 2.05) is 36.1 Å². The van der Waals surface area contributed by atoms with Crippen molar-refractivity contribution in [3.63, 3.8) is 0 Å². The minimum atomic E-state index is -0.954. The lowest BCUT2D eigenvalue weighted by molar-refractivity contribution is -0.0962. The van der Waals surface area contributed by atoms with E-state index < -0.39 is 22.4 Å². The van der Waals surface area contributed by atoms with Crippen LogP contribution in [0.1, 0.15) is 51.8 Å². The average molecular weight is 568 g/mol. The number of nitriles is 1. The molecule has 1 fully saturated rings. The van der Waals surface area contributed by atoms with Crippen LogP contribution < -0.4 is 5.32 Å². The molecule has 204 valence electrons. The zero-order chi connectivity index (χ0) is 27.6. The lowest BCUT2D eigenvalue weighted by Gasteiger charge is -2.43. The van der Waals surface area contributed by atoms with Crippen LogP contribution in [0, 0.1) is 23.0 Å². The van der Waals surface area contributed by atoms with E-state index in [1.54, 1.807) is 17.4 Å². The summed E-state index contributed by atoms with van der Waals surface area (Å²) < 4.78 is 47.3. The number of nitrogens with zero attached hydrogens (tertiary/aromatic N) is 2. The number of hydrogen-bond donors (Lipinski definition) is 1. The Balaban J connectivity index is 1.23. The van der Waals surface area contributed by atoms with Gasteiger partial charge in [-0.2, -0.15) is 5.26 Å². The summed E-state index contributed by atoms with van der Waals surface area (Å²) in [5.74, 6) is -0.748. The van der Waals surface area contributed by atoms with E-state index in [0.717, 1.165) is 52.4 Å². The second kappa shape index (κ2) is 11.7. The van der Waals surface area contributed by atoms with Gasteiger partial charge in [-0.15, -0.1) is 11.3 Å². The molecule has 1 saturated heterocycles. The van der Waals surface area contributed by atoms with Crippen molar-refractivity contribution in [1.29, 1.82) is 5.26 Å². The van der Waals surface area contributed by atoms with Gasteiger partial charge in [0.1, 0.15) is 17.2 Å². The first kappa shape index (κ1) is 27.7. The molecule has 5 nitrogen and oxygen atoms in total. The number of hydrogen-bond acceptors (Lipinski definition) is 6. The highest BCUT2D eigenvalue weighted by molar-refractivity contribution is 7.85. The third-order valence-corrected chi connectivity index (χ3v) is 10.3. The molecule has 1 unspecified atom stereocenters. The van der Waals surface area contributed by atoms with Crippen molar-refractivity contribution in [1.82, 2.24) is 10.2 Å². The number of piperidine rings is 1. The number of ether oxygens (including phenoxy) is 1. The highest BCUT2D eigenvalue weighted by atomic mass is 32.2. The lowest BCUT2D eigenvalue weighted by atomic mass is 9.85. The molecule has 0 saturated carbocycles. The average Bonchev–Trinajstić information content (AvgIpc) is 3.41. The van der Waals surface area contributed by atoms with E-state index in [0.29, 0.717) is 32.0 Å². The zero-order valence-corrected chi connectivity index (χ0v) is 23.5. The fourth-order valence-corrected chi connectivity index (χ4v) is 7.41. The number of fused-ring (bicyclic) bond motifs is 2. The van der Waals surface area contributed by atoms with Crippen molar-refractivity contribution in [3.8, 4) is 6.07 Å². The van der Waals surface area contributed by atoms with E-state index in [9.17, 15) is 13.0 Å². The van der Waals surface area contributed by atoms with Crippen molar-refractivity contribution >= 4 is 27.8 Å². The first-order chi connectivity index (χ1) is 18.8. The van der Waals surface area contributed by atoms with Gasteiger partial charge < -0.3 is 10.1 Å². The predicted octanol–water partition coefficient (Wildman–Crippen LogP) is 5.85. The van der Waals surface area contributed by atoms with Crippen LogP contribution >= 0.6 is 11.3 Å². The van der Waals surface area contributed by atoms with Crippen LogP contribution in [-0.2, 0) is 40.6 Å². The van der Waals surface area contributed by atoms with E-state index in [-0.39, 0.29) is 23.3 Å². The number of rotatable bonds is 8. The first-order valence-electron chi connectivity index (χ1n) is 13.1. The fraction of sp³-hybridized carbons (Fsp3) is 0.367. The molecule has 1 atom stereocenters. The van der Waals surface area contributed by atoms with Gasteiger partial charge in [-0.05, 0) is 60.7 Å². The van der Waals surface area contributed by atoms with E-state index >= 15 is 0 Å². The van der Waals surface area contributed by atoms with Gasteiger partial charge in [-0.25, -0.2) is 8.78 Å². The summed E-state index contributed by atoms with van der Waals surface area (Å²) in [4.78, 5) is 5.20. The molecule has 39 heavy (non-hydrogen) atoms. The molecule has 2 aliphatic rings. The van der Waals surface area contributed by atoms with Gasteiger partial charge in [0.25, 0.3) is 0 Å². The van der Waals surface area contributed by atoms with Crippen LogP contribution in [0.25, 0.3) is 5.70 Å². The first-order valence-corrected chi connectivity index (χ1v) is 15.2. The van der Waals surface area contributed by atoms with Crippen LogP contribution in [0.4, 0.5) is 8.78 Å². The van der Waals surface area contributed by atoms with Crippen LogP contribution in [0.3, 0.4) is 0 Å². The lowest BCUT2D eigenvalue weighted by Crippen LogP contribution is -2.45. The molecular weight excluding hydrogens is 536 g/mol. The molecule has 1 N–H and O–H groups in total. The number of halogens is 2. The van der Waals surface area contributed by atoms with Gasteiger partial charge in [0.2, 0.25) is 0 Å². The number of likely N-dealkylation sites (tertiary alicyclic amines) is 1. The number of nitrogens with one attached hydrogen (secondary N) is 1. The number of thiophene rings is 1. The second-order valence-electron chi connectivity index (χ2n) is 9.97. The highest BCUT2D eigenvalue weighted by Gasteiger charge is 2.42. The summed E-state index contributed by atoms with van der Waals surface area (Å²) >= 11 is 1.71. The monoisotopic (exact) mass is 567 g/mol. The molecular formula is C30H31F2N3O2S2. The molecule has 0 radical (unpaired) electrons. The quantitative estimate of drug-likeness (QED) is 0.370. The molecule has 1 aromatic heterocycles. The van der Waals surface area contributed by atoms with Crippen LogP contribution in [0.15, 0.2) is 53.9 Å². The maximum absolute atomic E-state index is 14.4. The van der Waals surface area contributed by atoms with Gasteiger partial charge in [-0.3, -0.25) is 9.11 Å². The zero-order valence-electron chi connectivity index (χ0n) is 21.9. The molecule has 9 heteroatoms. The molecule has 0 amide bonds. The summed E-state index contributed by atoms with van der Waals surface area (Å²) in [6, 6.07) is 14.0. The van der Waals surface area contributed by atoms with Gasteiger partial charge in [0.05, 0.1) is 33.9 Å².